The van der Waals surface area contributed by atoms with E-state index in [9.17, 15) is 0 Å². The lowest BCUT2D eigenvalue weighted by Crippen LogP contribution is -2.61. The zero-order valence-corrected chi connectivity index (χ0v) is 42.8. The highest BCUT2D eigenvalue weighted by Gasteiger charge is 2.48. The molecule has 0 saturated heterocycles. The van der Waals surface area contributed by atoms with Crippen molar-refractivity contribution >= 4 is 96.4 Å². The lowest BCUT2D eigenvalue weighted by atomic mass is 9.35. The molecule has 0 atom stereocenters. The maximum atomic E-state index is 7.40. The fourth-order valence-electron chi connectivity index (χ4n) is 11.5. The molecule has 0 unspecified atom stereocenters. The van der Waals surface area contributed by atoms with Gasteiger partial charge < -0.3 is 23.5 Å². The van der Waals surface area contributed by atoms with Crippen LogP contribution in [0.3, 0.4) is 0 Å². The van der Waals surface area contributed by atoms with Gasteiger partial charge >= 0.3 is 0 Å². The predicted octanol–water partition coefficient (Wildman–Crippen LogP) is 16.5. The molecule has 0 spiro atoms. The quantitative estimate of drug-likeness (QED) is 0.155. The number of hydrogen-bond donors (Lipinski definition) is 0. The third kappa shape index (κ3) is 7.21. The largest absolute Gasteiger partial charge is 0.468 e. The molecular formula is C65H60BN3O2. The van der Waals surface area contributed by atoms with E-state index in [1.165, 1.54) is 72.6 Å². The van der Waals surface area contributed by atoms with Crippen LogP contribution in [0.2, 0.25) is 0 Å². The van der Waals surface area contributed by atoms with E-state index in [0.29, 0.717) is 0 Å². The van der Waals surface area contributed by atoms with Crippen molar-refractivity contribution in [3.8, 4) is 11.3 Å². The van der Waals surface area contributed by atoms with Gasteiger partial charge in [-0.05, 0) is 180 Å². The minimum absolute atomic E-state index is 0.00213. The molecular weight excluding hydrogens is 866 g/mol. The number of nitrogens with zero attached hydrogens (tertiary/aromatic N) is 3. The number of para-hydroxylation sites is 3. The standard InChI is InChI=1S/C65H60BN3O2/c1-39-32-54-59-55(33-39)69(61-42(4)34-47(35-43(61)5)65(9,10)11)62-51-37-46(64(6,7)8)26-31-57(51)71-63(62)66(59)52-30-29-50(38-53(52)68(54)60-40(2)18-17-19-41(60)3)67(48-21-13-12-14-22-48)49-27-24-44(25-28-49)58-36-45-20-15-16-23-56(45)70-58/h12-38H,1-11H3. The maximum Gasteiger partial charge on any atom is 0.297 e. The van der Waals surface area contributed by atoms with E-state index in [4.69, 9.17) is 8.83 Å². The molecule has 2 aromatic heterocycles. The number of rotatable bonds is 6. The SMILES string of the molecule is Cc1cc2c3c(c1)N(c1c(C)cc(C(C)(C)C)cc1C)c1c(oc4ccc(C(C)(C)C)cc14)B3c1ccc(N(c3ccccc3)c3ccc(-c4cc5ccccc5o4)cc3)cc1N2c1c(C)cccc1C. The van der Waals surface area contributed by atoms with E-state index >= 15 is 0 Å². The van der Waals surface area contributed by atoms with Gasteiger partial charge in [0.2, 0.25) is 0 Å². The summed E-state index contributed by atoms with van der Waals surface area (Å²) in [6, 6.07) is 60.1. The first-order valence-electron chi connectivity index (χ1n) is 25.1. The Labute approximate surface area is 419 Å². The average molecular weight is 926 g/mol. The van der Waals surface area contributed by atoms with Crippen LogP contribution in [0.1, 0.15) is 80.5 Å². The Balaban J connectivity index is 1.12. The highest BCUT2D eigenvalue weighted by molar-refractivity contribution is 7.00. The van der Waals surface area contributed by atoms with Gasteiger partial charge in [-0.3, -0.25) is 0 Å². The Morgan fingerprint density at radius 2 is 1.07 bits per heavy atom. The molecule has 0 aliphatic carbocycles. The molecule has 0 saturated carbocycles. The van der Waals surface area contributed by atoms with Crippen LogP contribution >= 0.6 is 0 Å². The number of aryl methyl sites for hydroxylation is 5. The number of fused-ring (bicyclic) bond motifs is 7. The summed E-state index contributed by atoms with van der Waals surface area (Å²) in [7, 11) is 0. The van der Waals surface area contributed by atoms with E-state index in [0.717, 1.165) is 67.4 Å². The van der Waals surface area contributed by atoms with Crippen molar-refractivity contribution in [2.24, 2.45) is 0 Å². The van der Waals surface area contributed by atoms with Crippen LogP contribution in [-0.4, -0.2) is 6.71 Å². The first-order chi connectivity index (χ1) is 34.0. The Bertz CT molecular complexity index is 3680. The molecule has 5 nitrogen and oxygen atoms in total. The van der Waals surface area contributed by atoms with Gasteiger partial charge in [0.25, 0.3) is 6.71 Å². The van der Waals surface area contributed by atoms with Gasteiger partial charge in [-0.15, -0.1) is 0 Å². The van der Waals surface area contributed by atoms with Crippen molar-refractivity contribution in [2.75, 3.05) is 14.7 Å². The second kappa shape index (κ2) is 16.2. The minimum Gasteiger partial charge on any atom is -0.468 e. The molecule has 71 heavy (non-hydrogen) atoms. The summed E-state index contributed by atoms with van der Waals surface area (Å²) in [6.07, 6.45) is 0. The fraction of sp³-hybridized carbons (Fsp3) is 0.200. The summed E-state index contributed by atoms with van der Waals surface area (Å²) in [6.45, 7) is 25.0. The topological polar surface area (TPSA) is 36.0 Å². The molecule has 6 heteroatoms. The lowest BCUT2D eigenvalue weighted by Gasteiger charge is -2.44. The molecule has 8 aromatic carbocycles. The van der Waals surface area contributed by atoms with Gasteiger partial charge in [0.05, 0.1) is 22.7 Å². The second-order valence-corrected chi connectivity index (χ2v) is 22.2. The van der Waals surface area contributed by atoms with Crippen LogP contribution in [0, 0.1) is 34.6 Å². The van der Waals surface area contributed by atoms with E-state index in [-0.39, 0.29) is 17.5 Å². The van der Waals surface area contributed by atoms with Crippen molar-refractivity contribution in [3.63, 3.8) is 0 Å². The Morgan fingerprint density at radius 3 is 1.75 bits per heavy atom. The third-order valence-corrected chi connectivity index (χ3v) is 15.0. The summed E-state index contributed by atoms with van der Waals surface area (Å²) in [4.78, 5) is 7.51. The summed E-state index contributed by atoms with van der Waals surface area (Å²) < 4.78 is 13.7. The van der Waals surface area contributed by atoms with Crippen LogP contribution < -0.4 is 31.3 Å². The average Bonchev–Trinajstić information content (AvgIpc) is 3.95. The van der Waals surface area contributed by atoms with Crippen LogP contribution in [0.5, 0.6) is 0 Å². The molecule has 350 valence electrons. The van der Waals surface area contributed by atoms with Gasteiger partial charge in [0.15, 0.2) is 0 Å². The van der Waals surface area contributed by atoms with E-state index in [1.54, 1.807) is 0 Å². The number of furan rings is 2. The molecule has 0 bridgehead atoms. The first kappa shape index (κ1) is 44.5. The first-order valence-corrected chi connectivity index (χ1v) is 25.1. The summed E-state index contributed by atoms with van der Waals surface area (Å²) in [5.41, 5.74) is 25.1. The molecule has 4 heterocycles. The summed E-state index contributed by atoms with van der Waals surface area (Å²) in [5, 5.41) is 2.23. The maximum absolute atomic E-state index is 7.40. The van der Waals surface area contributed by atoms with Crippen molar-refractivity contribution < 1.29 is 8.83 Å². The van der Waals surface area contributed by atoms with E-state index in [2.05, 4.69) is 243 Å². The Morgan fingerprint density at radius 1 is 0.451 bits per heavy atom. The molecule has 0 amide bonds. The van der Waals surface area contributed by atoms with Crippen LogP contribution in [-0.2, 0) is 10.8 Å². The molecule has 0 N–H and O–H groups in total. The van der Waals surface area contributed by atoms with E-state index < -0.39 is 0 Å². The Hall–Kier alpha value is -7.70. The molecule has 12 rings (SSSR count). The van der Waals surface area contributed by atoms with Gasteiger partial charge in [-0.1, -0.05) is 120 Å². The minimum atomic E-state index is -0.190. The zero-order valence-electron chi connectivity index (χ0n) is 42.8. The number of benzene rings is 8. The second-order valence-electron chi connectivity index (χ2n) is 22.2. The van der Waals surface area contributed by atoms with Gasteiger partial charge in [-0.2, -0.15) is 0 Å². The van der Waals surface area contributed by atoms with Crippen LogP contribution in [0.25, 0.3) is 33.3 Å². The van der Waals surface area contributed by atoms with Crippen LogP contribution in [0.4, 0.5) is 51.2 Å². The zero-order chi connectivity index (χ0) is 49.2. The van der Waals surface area contributed by atoms with Crippen molar-refractivity contribution in [1.29, 1.82) is 0 Å². The molecule has 2 aliphatic rings. The number of anilines is 9. The Kier molecular flexibility index (Phi) is 10.1. The normalized spacial score (nSPS) is 13.2. The monoisotopic (exact) mass is 925 g/mol. The van der Waals surface area contributed by atoms with Crippen molar-refractivity contribution in [3.05, 3.63) is 203 Å². The third-order valence-electron chi connectivity index (χ3n) is 15.0. The fourth-order valence-corrected chi connectivity index (χ4v) is 11.5. The smallest absolute Gasteiger partial charge is 0.297 e. The van der Waals surface area contributed by atoms with Gasteiger partial charge in [0.1, 0.15) is 16.9 Å². The highest BCUT2D eigenvalue weighted by Crippen LogP contribution is 2.51. The summed E-state index contributed by atoms with van der Waals surface area (Å²) >= 11 is 0. The molecule has 0 fully saturated rings. The number of hydrogen-bond acceptors (Lipinski definition) is 5. The van der Waals surface area contributed by atoms with Crippen LogP contribution in [0.15, 0.2) is 173 Å². The van der Waals surface area contributed by atoms with Gasteiger partial charge in [0, 0.05) is 50.5 Å². The lowest BCUT2D eigenvalue weighted by molar-refractivity contribution is 0.589. The molecule has 0 radical (unpaired) electrons. The van der Waals surface area contributed by atoms with Gasteiger partial charge in [-0.25, -0.2) is 0 Å². The predicted molar refractivity (Wildman–Crippen MR) is 301 cm³/mol. The molecule has 10 aromatic rings. The van der Waals surface area contributed by atoms with E-state index in [1.807, 2.05) is 12.1 Å². The van der Waals surface area contributed by atoms with Crippen molar-refractivity contribution in [2.45, 2.75) is 87.0 Å². The highest BCUT2D eigenvalue weighted by atomic mass is 16.3. The summed E-state index contributed by atoms with van der Waals surface area (Å²) in [5.74, 6) is 0.855. The van der Waals surface area contributed by atoms with Crippen molar-refractivity contribution in [1.82, 2.24) is 0 Å². The molecule has 2 aliphatic heterocycles.